The van der Waals surface area contributed by atoms with Crippen LogP contribution in [0.1, 0.15) is 17.0 Å². The molecule has 0 radical (unpaired) electrons. The molecule has 0 amide bonds. The fourth-order valence-corrected chi connectivity index (χ4v) is 2.85. The summed E-state index contributed by atoms with van der Waals surface area (Å²) >= 11 is 12.2. The van der Waals surface area contributed by atoms with Crippen molar-refractivity contribution in [2.24, 2.45) is 12.2 Å². The third-order valence-corrected chi connectivity index (χ3v) is 4.31. The normalized spacial score (nSPS) is 11.5. The molecule has 0 spiro atoms. The van der Waals surface area contributed by atoms with Gasteiger partial charge in [0.1, 0.15) is 19.5 Å². The molecule has 0 unspecified atom stereocenters. The number of benzene rings is 2. The van der Waals surface area contributed by atoms with E-state index in [0.717, 1.165) is 11.1 Å². The van der Waals surface area contributed by atoms with Gasteiger partial charge < -0.3 is 14.1 Å². The Labute approximate surface area is 161 Å². The van der Waals surface area contributed by atoms with E-state index in [9.17, 15) is 0 Å². The second-order valence-corrected chi connectivity index (χ2v) is 6.35. The molecule has 0 fully saturated rings. The minimum atomic E-state index is 0.295. The Morgan fingerprint density at radius 1 is 1.19 bits per heavy atom. The first-order chi connectivity index (χ1) is 12.6. The third-order valence-electron chi connectivity index (χ3n) is 3.76. The van der Waals surface area contributed by atoms with Gasteiger partial charge in [-0.25, -0.2) is 4.98 Å². The minimum absolute atomic E-state index is 0.295. The maximum absolute atomic E-state index is 6.18. The van der Waals surface area contributed by atoms with Crippen LogP contribution >= 0.6 is 23.2 Å². The molecule has 3 rings (SSSR count). The van der Waals surface area contributed by atoms with Crippen LogP contribution in [0.4, 0.5) is 0 Å². The summed E-state index contributed by atoms with van der Waals surface area (Å²) in [5.74, 6) is 1.22. The van der Waals surface area contributed by atoms with E-state index in [1.807, 2.05) is 42.1 Å². The summed E-state index contributed by atoms with van der Waals surface area (Å²) in [6.45, 7) is 0.295. The highest BCUT2D eigenvalue weighted by atomic mass is 35.5. The Balaban J connectivity index is 1.94. The lowest BCUT2D eigenvalue weighted by Gasteiger charge is -2.13. The summed E-state index contributed by atoms with van der Waals surface area (Å²) in [4.78, 5) is 9.41. The van der Waals surface area contributed by atoms with Gasteiger partial charge in [-0.1, -0.05) is 52.6 Å². The van der Waals surface area contributed by atoms with Crippen LogP contribution in [-0.4, -0.2) is 22.4 Å². The van der Waals surface area contributed by atoms with Gasteiger partial charge >= 0.3 is 0 Å². The fraction of sp³-hybridized carbons (Fsp3) is 0.158. The number of oxime groups is 1. The van der Waals surface area contributed by atoms with E-state index in [0.29, 0.717) is 33.9 Å². The summed E-state index contributed by atoms with van der Waals surface area (Å²) in [5.41, 5.74) is 2.40. The number of aryl methyl sites for hydroxylation is 1. The van der Waals surface area contributed by atoms with Crippen molar-refractivity contribution in [3.63, 3.8) is 0 Å². The SMILES string of the molecule is CO/N=C(\c1ccccc1COc1cc(Cl)ccc1Cl)c1nccn1C. The van der Waals surface area contributed by atoms with Gasteiger partial charge in [-0.2, -0.15) is 0 Å². The van der Waals surface area contributed by atoms with E-state index in [-0.39, 0.29) is 0 Å². The number of hydrogen-bond acceptors (Lipinski definition) is 4. The van der Waals surface area contributed by atoms with Gasteiger partial charge in [0.05, 0.1) is 5.02 Å². The Hall–Kier alpha value is -2.50. The Kier molecular flexibility index (Phi) is 5.81. The molecular formula is C19H17Cl2N3O2. The van der Waals surface area contributed by atoms with Crippen molar-refractivity contribution >= 4 is 28.9 Å². The molecule has 2 aromatic carbocycles. The van der Waals surface area contributed by atoms with Crippen LogP contribution in [0.25, 0.3) is 0 Å². The molecule has 134 valence electrons. The van der Waals surface area contributed by atoms with Gasteiger partial charge in [-0.05, 0) is 17.7 Å². The second kappa shape index (κ2) is 8.25. The molecule has 26 heavy (non-hydrogen) atoms. The van der Waals surface area contributed by atoms with Crippen molar-refractivity contribution < 1.29 is 9.57 Å². The smallest absolute Gasteiger partial charge is 0.162 e. The first-order valence-corrected chi connectivity index (χ1v) is 8.60. The van der Waals surface area contributed by atoms with E-state index in [1.54, 1.807) is 24.4 Å². The van der Waals surface area contributed by atoms with Gasteiger partial charge in [0, 0.05) is 36.1 Å². The average Bonchev–Trinajstić information content (AvgIpc) is 3.06. The Bertz CT molecular complexity index is 938. The number of rotatable bonds is 6. The lowest BCUT2D eigenvalue weighted by atomic mass is 10.0. The van der Waals surface area contributed by atoms with E-state index >= 15 is 0 Å². The molecular weight excluding hydrogens is 373 g/mol. The van der Waals surface area contributed by atoms with E-state index in [4.69, 9.17) is 32.8 Å². The number of halogens is 2. The predicted octanol–water partition coefficient (Wildman–Crippen LogP) is 4.70. The number of nitrogens with zero attached hydrogens (tertiary/aromatic N) is 3. The Morgan fingerprint density at radius 3 is 2.73 bits per heavy atom. The van der Waals surface area contributed by atoms with Gasteiger partial charge in [-0.3, -0.25) is 0 Å². The zero-order valence-corrected chi connectivity index (χ0v) is 15.8. The van der Waals surface area contributed by atoms with Crippen LogP contribution in [0.15, 0.2) is 60.0 Å². The van der Waals surface area contributed by atoms with E-state index in [1.165, 1.54) is 7.11 Å². The average molecular weight is 390 g/mol. The first-order valence-electron chi connectivity index (χ1n) is 7.85. The van der Waals surface area contributed by atoms with Crippen molar-refractivity contribution in [2.75, 3.05) is 7.11 Å². The van der Waals surface area contributed by atoms with E-state index < -0.39 is 0 Å². The highest BCUT2D eigenvalue weighted by molar-refractivity contribution is 6.34. The molecule has 5 nitrogen and oxygen atoms in total. The maximum atomic E-state index is 6.18. The number of hydrogen-bond donors (Lipinski definition) is 0. The molecule has 0 N–H and O–H groups in total. The van der Waals surface area contributed by atoms with Crippen molar-refractivity contribution in [2.45, 2.75) is 6.61 Å². The molecule has 0 aliphatic heterocycles. The van der Waals surface area contributed by atoms with Crippen LogP contribution in [0.5, 0.6) is 5.75 Å². The molecule has 0 atom stereocenters. The predicted molar refractivity (Wildman–Crippen MR) is 103 cm³/mol. The van der Waals surface area contributed by atoms with Gasteiger partial charge in [-0.15, -0.1) is 0 Å². The number of aromatic nitrogens is 2. The lowest BCUT2D eigenvalue weighted by Crippen LogP contribution is -2.14. The quantitative estimate of drug-likeness (QED) is 0.453. The van der Waals surface area contributed by atoms with Crippen molar-refractivity contribution in [3.05, 3.63) is 81.9 Å². The van der Waals surface area contributed by atoms with E-state index in [2.05, 4.69) is 10.1 Å². The monoisotopic (exact) mass is 389 g/mol. The van der Waals surface area contributed by atoms with Gasteiger partial charge in [0.15, 0.2) is 11.5 Å². The van der Waals surface area contributed by atoms with Crippen molar-refractivity contribution in [1.82, 2.24) is 9.55 Å². The highest BCUT2D eigenvalue weighted by Gasteiger charge is 2.17. The van der Waals surface area contributed by atoms with Crippen molar-refractivity contribution in [1.29, 1.82) is 0 Å². The summed E-state index contributed by atoms with van der Waals surface area (Å²) in [6.07, 6.45) is 3.57. The second-order valence-electron chi connectivity index (χ2n) is 5.50. The van der Waals surface area contributed by atoms with Crippen LogP contribution in [0, 0.1) is 0 Å². The van der Waals surface area contributed by atoms with Crippen LogP contribution in [0.2, 0.25) is 10.0 Å². The largest absolute Gasteiger partial charge is 0.487 e. The number of ether oxygens (including phenoxy) is 1. The zero-order chi connectivity index (χ0) is 18.5. The molecule has 0 saturated heterocycles. The molecule has 0 bridgehead atoms. The van der Waals surface area contributed by atoms with Crippen molar-refractivity contribution in [3.8, 4) is 5.75 Å². The third kappa shape index (κ3) is 4.00. The fourth-order valence-electron chi connectivity index (χ4n) is 2.52. The molecule has 0 aliphatic rings. The van der Waals surface area contributed by atoms with Gasteiger partial charge in [0.2, 0.25) is 0 Å². The maximum Gasteiger partial charge on any atom is 0.162 e. The van der Waals surface area contributed by atoms with Crippen LogP contribution in [0.3, 0.4) is 0 Å². The standard InChI is InChI=1S/C19H17Cl2N3O2/c1-24-10-9-22-19(24)18(23-25-2)15-6-4-3-5-13(15)12-26-17-11-14(20)7-8-16(17)21/h3-11H,12H2,1-2H3/b23-18+. The first kappa shape index (κ1) is 18.3. The summed E-state index contributed by atoms with van der Waals surface area (Å²) < 4.78 is 7.76. The topological polar surface area (TPSA) is 48.6 Å². The molecule has 1 heterocycles. The van der Waals surface area contributed by atoms with Crippen LogP contribution in [-0.2, 0) is 18.5 Å². The van der Waals surface area contributed by atoms with Crippen LogP contribution < -0.4 is 4.74 Å². The molecule has 1 aromatic heterocycles. The minimum Gasteiger partial charge on any atom is -0.487 e. The zero-order valence-electron chi connectivity index (χ0n) is 14.3. The van der Waals surface area contributed by atoms with Gasteiger partial charge in [0.25, 0.3) is 0 Å². The molecule has 0 aliphatic carbocycles. The molecule has 3 aromatic rings. The number of imidazole rings is 1. The highest BCUT2D eigenvalue weighted by Crippen LogP contribution is 2.29. The summed E-state index contributed by atoms with van der Waals surface area (Å²) in [7, 11) is 3.41. The summed E-state index contributed by atoms with van der Waals surface area (Å²) in [6, 6.07) is 12.9. The summed E-state index contributed by atoms with van der Waals surface area (Å²) in [5, 5.41) is 5.24. The Morgan fingerprint density at radius 2 is 2.00 bits per heavy atom. The molecule has 7 heteroatoms. The molecule has 0 saturated carbocycles. The lowest BCUT2D eigenvalue weighted by molar-refractivity contribution is 0.213.